The highest BCUT2D eigenvalue weighted by Crippen LogP contribution is 2.29. The Kier molecular flexibility index (Phi) is 3.06. The number of pyridine rings is 1. The van der Waals surface area contributed by atoms with Crippen LogP contribution in [0.1, 0.15) is 12.6 Å². The number of thioether (sulfide) groups is 1. The summed E-state index contributed by atoms with van der Waals surface area (Å²) < 4.78 is 0. The van der Waals surface area contributed by atoms with Crippen molar-refractivity contribution in [3.05, 3.63) is 35.1 Å². The van der Waals surface area contributed by atoms with Crippen LogP contribution in [0.3, 0.4) is 0 Å². The molecule has 2 heterocycles. The van der Waals surface area contributed by atoms with Gasteiger partial charge in [-0.05, 0) is 25.1 Å². The summed E-state index contributed by atoms with van der Waals surface area (Å²) in [6.45, 7) is 2.71. The van der Waals surface area contributed by atoms with Crippen molar-refractivity contribution in [1.29, 1.82) is 0 Å². The minimum Gasteiger partial charge on any atom is -0.306 e. The standard InChI is InChI=1S/C11H12N2OS/c1-2-13-10(14)8-15-11(13)7-9-5-3-4-6-12-9/h3-7H,2,8H2,1H3. The Morgan fingerprint density at radius 1 is 1.60 bits per heavy atom. The highest BCUT2D eigenvalue weighted by Gasteiger charge is 2.24. The van der Waals surface area contributed by atoms with Gasteiger partial charge in [-0.3, -0.25) is 9.78 Å². The molecule has 1 amide bonds. The highest BCUT2D eigenvalue weighted by atomic mass is 32.2. The van der Waals surface area contributed by atoms with Gasteiger partial charge >= 0.3 is 0 Å². The molecule has 1 aromatic heterocycles. The molecule has 0 atom stereocenters. The summed E-state index contributed by atoms with van der Waals surface area (Å²) in [6.07, 6.45) is 3.71. The molecule has 1 fully saturated rings. The molecule has 0 aromatic carbocycles. The molecule has 0 saturated carbocycles. The predicted molar refractivity (Wildman–Crippen MR) is 62.1 cm³/mol. The van der Waals surface area contributed by atoms with E-state index in [2.05, 4.69) is 4.98 Å². The van der Waals surface area contributed by atoms with Gasteiger partial charge in [0.05, 0.1) is 16.5 Å². The van der Waals surface area contributed by atoms with Gasteiger partial charge in [-0.25, -0.2) is 0 Å². The van der Waals surface area contributed by atoms with E-state index in [1.54, 1.807) is 22.9 Å². The van der Waals surface area contributed by atoms with E-state index in [0.717, 1.165) is 17.3 Å². The minimum atomic E-state index is 0.185. The van der Waals surface area contributed by atoms with Gasteiger partial charge in [0.2, 0.25) is 5.91 Å². The van der Waals surface area contributed by atoms with Crippen LogP contribution in [0.15, 0.2) is 29.4 Å². The Labute approximate surface area is 93.2 Å². The van der Waals surface area contributed by atoms with Crippen LogP contribution >= 0.6 is 11.8 Å². The second kappa shape index (κ2) is 4.49. The third-order valence-corrected chi connectivity index (χ3v) is 3.21. The summed E-state index contributed by atoms with van der Waals surface area (Å²) in [5.74, 6) is 0.733. The van der Waals surface area contributed by atoms with E-state index in [1.807, 2.05) is 31.2 Å². The number of amides is 1. The first-order valence-electron chi connectivity index (χ1n) is 4.87. The number of aromatic nitrogens is 1. The monoisotopic (exact) mass is 220 g/mol. The maximum Gasteiger partial charge on any atom is 0.237 e. The second-order valence-corrected chi connectivity index (χ2v) is 4.16. The quantitative estimate of drug-likeness (QED) is 0.764. The van der Waals surface area contributed by atoms with Gasteiger partial charge < -0.3 is 4.90 Å². The van der Waals surface area contributed by atoms with Crippen molar-refractivity contribution in [2.45, 2.75) is 6.92 Å². The average molecular weight is 220 g/mol. The average Bonchev–Trinajstić information content (AvgIpc) is 2.61. The maximum absolute atomic E-state index is 11.4. The number of rotatable bonds is 2. The Morgan fingerprint density at radius 2 is 2.47 bits per heavy atom. The van der Waals surface area contributed by atoms with Crippen molar-refractivity contribution < 1.29 is 4.79 Å². The third-order valence-electron chi connectivity index (χ3n) is 2.19. The molecular weight excluding hydrogens is 208 g/mol. The molecule has 78 valence electrons. The number of carbonyl (C=O) groups excluding carboxylic acids is 1. The van der Waals surface area contributed by atoms with Crippen LogP contribution < -0.4 is 0 Å². The number of nitrogens with zero attached hydrogens (tertiary/aromatic N) is 2. The van der Waals surface area contributed by atoms with E-state index in [-0.39, 0.29) is 5.91 Å². The summed E-state index contributed by atoms with van der Waals surface area (Å²) in [6, 6.07) is 5.76. The van der Waals surface area contributed by atoms with Gasteiger partial charge in [0.1, 0.15) is 0 Å². The lowest BCUT2D eigenvalue weighted by Gasteiger charge is -2.13. The van der Waals surface area contributed by atoms with Gasteiger partial charge in [0, 0.05) is 12.7 Å². The maximum atomic E-state index is 11.4. The van der Waals surface area contributed by atoms with Crippen LogP contribution in [-0.2, 0) is 4.79 Å². The van der Waals surface area contributed by atoms with Crippen molar-refractivity contribution in [2.24, 2.45) is 0 Å². The first-order valence-corrected chi connectivity index (χ1v) is 5.85. The van der Waals surface area contributed by atoms with Gasteiger partial charge in [0.25, 0.3) is 0 Å². The Bertz CT molecular complexity index is 389. The van der Waals surface area contributed by atoms with Crippen LogP contribution in [0, 0.1) is 0 Å². The molecule has 3 nitrogen and oxygen atoms in total. The molecule has 2 rings (SSSR count). The SMILES string of the molecule is CCN1C(=O)CSC1=Cc1ccccn1. The first kappa shape index (κ1) is 10.2. The molecule has 4 heteroatoms. The van der Waals surface area contributed by atoms with Gasteiger partial charge in [-0.15, -0.1) is 0 Å². The summed E-state index contributed by atoms with van der Waals surface area (Å²) >= 11 is 1.58. The zero-order valence-electron chi connectivity index (χ0n) is 8.51. The fraction of sp³-hybridized carbons (Fsp3) is 0.273. The topological polar surface area (TPSA) is 33.2 Å². The van der Waals surface area contributed by atoms with E-state index < -0.39 is 0 Å². The normalized spacial score (nSPS) is 18.9. The molecule has 0 bridgehead atoms. The summed E-state index contributed by atoms with van der Waals surface area (Å²) in [5, 5.41) is 1.00. The van der Waals surface area contributed by atoms with Crippen molar-refractivity contribution in [2.75, 3.05) is 12.3 Å². The van der Waals surface area contributed by atoms with Crippen LogP contribution in [-0.4, -0.2) is 28.1 Å². The van der Waals surface area contributed by atoms with E-state index in [9.17, 15) is 4.79 Å². The Morgan fingerprint density at radius 3 is 3.13 bits per heavy atom. The van der Waals surface area contributed by atoms with E-state index in [1.165, 1.54) is 0 Å². The summed E-state index contributed by atoms with van der Waals surface area (Å²) in [4.78, 5) is 17.4. The van der Waals surface area contributed by atoms with Crippen LogP contribution in [0.25, 0.3) is 6.08 Å². The van der Waals surface area contributed by atoms with Gasteiger partial charge in [-0.2, -0.15) is 0 Å². The molecule has 1 aliphatic rings. The van der Waals surface area contributed by atoms with Crippen LogP contribution in [0.5, 0.6) is 0 Å². The zero-order chi connectivity index (χ0) is 10.7. The highest BCUT2D eigenvalue weighted by molar-refractivity contribution is 8.04. The second-order valence-electron chi connectivity index (χ2n) is 3.16. The van der Waals surface area contributed by atoms with Gasteiger partial charge in [-0.1, -0.05) is 17.8 Å². The zero-order valence-corrected chi connectivity index (χ0v) is 9.33. The van der Waals surface area contributed by atoms with Crippen LogP contribution in [0.2, 0.25) is 0 Å². The fourth-order valence-electron chi connectivity index (χ4n) is 1.45. The van der Waals surface area contributed by atoms with E-state index >= 15 is 0 Å². The molecule has 1 aliphatic heterocycles. The van der Waals surface area contributed by atoms with Crippen molar-refractivity contribution in [1.82, 2.24) is 9.88 Å². The van der Waals surface area contributed by atoms with E-state index in [0.29, 0.717) is 5.75 Å². The smallest absolute Gasteiger partial charge is 0.237 e. The molecule has 0 spiro atoms. The molecule has 1 aromatic rings. The Hall–Kier alpha value is -1.29. The molecular formula is C11H12N2OS. The molecule has 0 unspecified atom stereocenters. The van der Waals surface area contributed by atoms with Gasteiger partial charge in [0.15, 0.2) is 0 Å². The number of carbonyl (C=O) groups is 1. The lowest BCUT2D eigenvalue weighted by atomic mass is 10.3. The fourth-order valence-corrected chi connectivity index (χ4v) is 2.47. The van der Waals surface area contributed by atoms with E-state index in [4.69, 9.17) is 0 Å². The third kappa shape index (κ3) is 2.21. The molecule has 1 saturated heterocycles. The van der Waals surface area contributed by atoms with Crippen molar-refractivity contribution in [3.8, 4) is 0 Å². The molecule has 0 N–H and O–H groups in total. The molecule has 0 radical (unpaired) electrons. The molecule has 0 aliphatic carbocycles. The Balaban J connectivity index is 2.24. The summed E-state index contributed by atoms with van der Waals surface area (Å²) in [5.41, 5.74) is 0.896. The molecule has 15 heavy (non-hydrogen) atoms. The number of hydrogen-bond acceptors (Lipinski definition) is 3. The lowest BCUT2D eigenvalue weighted by Crippen LogP contribution is -2.23. The minimum absolute atomic E-state index is 0.185. The summed E-state index contributed by atoms with van der Waals surface area (Å²) in [7, 11) is 0. The first-order chi connectivity index (χ1) is 7.31. The van der Waals surface area contributed by atoms with Crippen LogP contribution in [0.4, 0.5) is 0 Å². The van der Waals surface area contributed by atoms with Crippen molar-refractivity contribution >= 4 is 23.7 Å². The number of hydrogen-bond donors (Lipinski definition) is 0. The lowest BCUT2D eigenvalue weighted by molar-refractivity contribution is -0.125. The van der Waals surface area contributed by atoms with Crippen molar-refractivity contribution in [3.63, 3.8) is 0 Å². The predicted octanol–water partition coefficient (Wildman–Crippen LogP) is 1.98. The largest absolute Gasteiger partial charge is 0.306 e.